The van der Waals surface area contributed by atoms with Crippen LogP contribution in [0.2, 0.25) is 0 Å². The van der Waals surface area contributed by atoms with Crippen LogP contribution in [0.15, 0.2) is 24.3 Å². The van der Waals surface area contributed by atoms with Gasteiger partial charge in [0.1, 0.15) is 11.9 Å². The van der Waals surface area contributed by atoms with Crippen LogP contribution in [0.1, 0.15) is 18.5 Å². The Bertz CT molecular complexity index is 438. The first-order chi connectivity index (χ1) is 8.61. The summed E-state index contributed by atoms with van der Waals surface area (Å²) in [5.74, 6) is -1.24. The second-order valence-electron chi connectivity index (χ2n) is 4.36. The highest BCUT2D eigenvalue weighted by Gasteiger charge is 2.33. The van der Waals surface area contributed by atoms with Crippen LogP contribution in [0, 0.1) is 5.82 Å². The van der Waals surface area contributed by atoms with Crippen LogP contribution < -0.4 is 0 Å². The summed E-state index contributed by atoms with van der Waals surface area (Å²) in [6.45, 7) is 2.93. The minimum atomic E-state index is -0.933. The minimum absolute atomic E-state index is 0.147. The third kappa shape index (κ3) is 2.52. The summed E-state index contributed by atoms with van der Waals surface area (Å²) in [7, 11) is 0. The first-order valence-corrected chi connectivity index (χ1v) is 5.92. The van der Waals surface area contributed by atoms with Crippen molar-refractivity contribution in [2.45, 2.75) is 19.0 Å². The summed E-state index contributed by atoms with van der Waals surface area (Å²) >= 11 is 0. The highest BCUT2D eigenvalue weighted by molar-refractivity contribution is 5.73. The van der Waals surface area contributed by atoms with Crippen molar-refractivity contribution in [3.8, 4) is 0 Å². The molecule has 1 aromatic carbocycles. The van der Waals surface area contributed by atoms with Crippen molar-refractivity contribution in [1.82, 2.24) is 4.90 Å². The Balaban J connectivity index is 2.23. The molecule has 1 N–H and O–H groups in total. The number of carboxylic acids is 1. The molecule has 5 heteroatoms. The molecule has 2 unspecified atom stereocenters. The number of halogens is 1. The van der Waals surface area contributed by atoms with E-state index in [2.05, 4.69) is 0 Å². The Labute approximate surface area is 105 Å². The van der Waals surface area contributed by atoms with Gasteiger partial charge >= 0.3 is 5.97 Å². The number of carbonyl (C=O) groups is 1. The molecule has 0 aliphatic carbocycles. The third-order valence-corrected chi connectivity index (χ3v) is 3.31. The fourth-order valence-corrected chi connectivity index (χ4v) is 2.29. The van der Waals surface area contributed by atoms with Gasteiger partial charge in [0.2, 0.25) is 0 Å². The summed E-state index contributed by atoms with van der Waals surface area (Å²) < 4.78 is 18.9. The molecule has 0 radical (unpaired) electrons. The average Bonchev–Trinajstić information content (AvgIpc) is 2.38. The lowest BCUT2D eigenvalue weighted by Crippen LogP contribution is -2.50. The monoisotopic (exact) mass is 253 g/mol. The number of ether oxygens (including phenoxy) is 1. The molecule has 0 saturated carbocycles. The van der Waals surface area contributed by atoms with Crippen molar-refractivity contribution in [3.63, 3.8) is 0 Å². The van der Waals surface area contributed by atoms with Crippen LogP contribution >= 0.6 is 0 Å². The zero-order valence-electron chi connectivity index (χ0n) is 10.2. The molecule has 0 spiro atoms. The Morgan fingerprint density at radius 1 is 1.56 bits per heavy atom. The van der Waals surface area contributed by atoms with Gasteiger partial charge in [-0.2, -0.15) is 0 Å². The standard InChI is InChI=1S/C13H16FNO3/c1-9(10-4-2-3-5-11(10)14)15-6-7-18-8-12(15)13(16)17/h2-5,9,12H,6-8H2,1H3,(H,16,17). The highest BCUT2D eigenvalue weighted by Crippen LogP contribution is 2.26. The highest BCUT2D eigenvalue weighted by atomic mass is 19.1. The fraction of sp³-hybridized carbons (Fsp3) is 0.462. The Kier molecular flexibility index (Phi) is 3.93. The van der Waals surface area contributed by atoms with Crippen LogP contribution in [-0.4, -0.2) is 41.8 Å². The number of morpholine rings is 1. The second kappa shape index (κ2) is 5.46. The smallest absolute Gasteiger partial charge is 0.323 e. The van der Waals surface area contributed by atoms with E-state index in [0.29, 0.717) is 18.7 Å². The molecule has 1 aliphatic rings. The van der Waals surface area contributed by atoms with E-state index in [1.165, 1.54) is 6.07 Å². The molecule has 0 amide bonds. The summed E-state index contributed by atoms with van der Waals surface area (Å²) in [6, 6.07) is 5.46. The van der Waals surface area contributed by atoms with Crippen molar-refractivity contribution in [3.05, 3.63) is 35.6 Å². The van der Waals surface area contributed by atoms with E-state index in [4.69, 9.17) is 9.84 Å². The molecule has 98 valence electrons. The predicted octanol–water partition coefficient (Wildman–Crippen LogP) is 1.67. The Morgan fingerprint density at radius 3 is 2.94 bits per heavy atom. The van der Waals surface area contributed by atoms with Crippen LogP contribution in [0.4, 0.5) is 4.39 Å². The van der Waals surface area contributed by atoms with E-state index >= 15 is 0 Å². The molecule has 1 fully saturated rings. The summed E-state index contributed by atoms with van der Waals surface area (Å²) in [4.78, 5) is 12.9. The molecule has 1 aliphatic heterocycles. The lowest BCUT2D eigenvalue weighted by atomic mass is 10.0. The van der Waals surface area contributed by atoms with Crippen molar-refractivity contribution in [1.29, 1.82) is 0 Å². The maximum Gasteiger partial charge on any atom is 0.323 e. The Morgan fingerprint density at radius 2 is 2.28 bits per heavy atom. The third-order valence-electron chi connectivity index (χ3n) is 3.31. The molecule has 1 aromatic rings. The molecule has 2 rings (SSSR count). The average molecular weight is 253 g/mol. The number of benzene rings is 1. The maximum absolute atomic E-state index is 13.7. The number of carboxylic acid groups (broad SMARTS) is 1. The van der Waals surface area contributed by atoms with E-state index in [1.807, 2.05) is 6.92 Å². The van der Waals surface area contributed by atoms with Gasteiger partial charge in [-0.3, -0.25) is 9.69 Å². The fourth-order valence-electron chi connectivity index (χ4n) is 2.29. The van der Waals surface area contributed by atoms with Crippen molar-refractivity contribution in [2.24, 2.45) is 0 Å². The van der Waals surface area contributed by atoms with Crippen LogP contribution in [0.3, 0.4) is 0 Å². The summed E-state index contributed by atoms with van der Waals surface area (Å²) in [6.07, 6.45) is 0. The van der Waals surface area contributed by atoms with Gasteiger partial charge in [0.05, 0.1) is 13.2 Å². The second-order valence-corrected chi connectivity index (χ2v) is 4.36. The normalized spacial score (nSPS) is 22.7. The molecule has 18 heavy (non-hydrogen) atoms. The van der Waals surface area contributed by atoms with Gasteiger partial charge in [0.25, 0.3) is 0 Å². The van der Waals surface area contributed by atoms with E-state index in [-0.39, 0.29) is 18.5 Å². The molecule has 4 nitrogen and oxygen atoms in total. The minimum Gasteiger partial charge on any atom is -0.480 e. The van der Waals surface area contributed by atoms with Gasteiger partial charge in [0.15, 0.2) is 0 Å². The first-order valence-electron chi connectivity index (χ1n) is 5.92. The predicted molar refractivity (Wildman–Crippen MR) is 63.8 cm³/mol. The molecule has 1 saturated heterocycles. The topological polar surface area (TPSA) is 49.8 Å². The molecule has 1 heterocycles. The SMILES string of the molecule is CC(c1ccccc1F)N1CCOCC1C(=O)O. The lowest BCUT2D eigenvalue weighted by molar-refractivity contribution is -0.151. The van der Waals surface area contributed by atoms with Crippen molar-refractivity contribution < 1.29 is 19.0 Å². The Hall–Kier alpha value is -1.46. The number of aliphatic carboxylic acids is 1. The van der Waals surface area contributed by atoms with Gasteiger partial charge in [-0.05, 0) is 13.0 Å². The molecule has 0 bridgehead atoms. The largest absolute Gasteiger partial charge is 0.480 e. The molecular weight excluding hydrogens is 237 g/mol. The van der Waals surface area contributed by atoms with Gasteiger partial charge < -0.3 is 9.84 Å². The van der Waals surface area contributed by atoms with Gasteiger partial charge in [-0.1, -0.05) is 18.2 Å². The number of rotatable bonds is 3. The van der Waals surface area contributed by atoms with Crippen LogP contribution in [-0.2, 0) is 9.53 Å². The van der Waals surface area contributed by atoms with Gasteiger partial charge in [0, 0.05) is 18.2 Å². The van der Waals surface area contributed by atoms with Gasteiger partial charge in [-0.15, -0.1) is 0 Å². The van der Waals surface area contributed by atoms with E-state index in [1.54, 1.807) is 23.1 Å². The molecule has 0 aromatic heterocycles. The number of hydrogen-bond acceptors (Lipinski definition) is 3. The zero-order valence-corrected chi connectivity index (χ0v) is 10.2. The zero-order chi connectivity index (χ0) is 13.1. The first kappa shape index (κ1) is 13.0. The molecular formula is C13H16FNO3. The van der Waals surface area contributed by atoms with E-state index < -0.39 is 12.0 Å². The molecule has 2 atom stereocenters. The lowest BCUT2D eigenvalue weighted by Gasteiger charge is -2.37. The number of nitrogens with zero attached hydrogens (tertiary/aromatic N) is 1. The van der Waals surface area contributed by atoms with E-state index in [9.17, 15) is 9.18 Å². The summed E-state index contributed by atoms with van der Waals surface area (Å²) in [5.41, 5.74) is 0.519. The quantitative estimate of drug-likeness (QED) is 0.890. The number of hydrogen-bond donors (Lipinski definition) is 1. The van der Waals surface area contributed by atoms with Crippen LogP contribution in [0.25, 0.3) is 0 Å². The maximum atomic E-state index is 13.7. The van der Waals surface area contributed by atoms with Crippen LogP contribution in [0.5, 0.6) is 0 Å². The van der Waals surface area contributed by atoms with Gasteiger partial charge in [-0.25, -0.2) is 4.39 Å². The van der Waals surface area contributed by atoms with Crippen molar-refractivity contribution in [2.75, 3.05) is 19.8 Å². The van der Waals surface area contributed by atoms with Crippen molar-refractivity contribution >= 4 is 5.97 Å². The van der Waals surface area contributed by atoms with E-state index in [0.717, 1.165) is 0 Å². The summed E-state index contributed by atoms with van der Waals surface area (Å²) in [5, 5.41) is 9.16.